The minimum Gasteiger partial charge on any atom is -0.478 e. The van der Waals surface area contributed by atoms with Crippen LogP contribution < -0.4 is 4.72 Å². The van der Waals surface area contributed by atoms with Crippen LogP contribution in [0.3, 0.4) is 0 Å². The van der Waals surface area contributed by atoms with Gasteiger partial charge in [0.05, 0.1) is 10.5 Å². The molecule has 1 aromatic rings. The topological polar surface area (TPSA) is 83.5 Å². The van der Waals surface area contributed by atoms with E-state index < -0.39 is 16.0 Å². The molecule has 0 atom stereocenters. The first-order valence-corrected chi connectivity index (χ1v) is 8.54. The molecule has 0 heterocycles. The number of carboxylic acid groups (broad SMARTS) is 1. The molecule has 2 N–H and O–H groups in total. The summed E-state index contributed by atoms with van der Waals surface area (Å²) in [7, 11) is -3.70. The molecule has 0 radical (unpaired) electrons. The van der Waals surface area contributed by atoms with E-state index in [1.807, 2.05) is 0 Å². The Labute approximate surface area is 126 Å². The van der Waals surface area contributed by atoms with Gasteiger partial charge < -0.3 is 5.11 Å². The van der Waals surface area contributed by atoms with Crippen molar-refractivity contribution in [2.24, 2.45) is 5.92 Å². The third-order valence-corrected chi connectivity index (χ3v) is 6.00. The number of halogens is 1. The zero-order chi connectivity index (χ0) is 15.1. The Hall–Kier alpha value is -0.920. The van der Waals surface area contributed by atoms with E-state index in [1.165, 1.54) is 12.1 Å². The fourth-order valence-corrected chi connectivity index (χ4v) is 4.48. The molecule has 5 nitrogen and oxygen atoms in total. The molecule has 110 valence electrons. The van der Waals surface area contributed by atoms with Crippen LogP contribution >= 0.6 is 15.9 Å². The van der Waals surface area contributed by atoms with E-state index in [-0.39, 0.29) is 16.5 Å². The van der Waals surface area contributed by atoms with Crippen LogP contribution in [0, 0.1) is 12.8 Å². The Morgan fingerprint density at radius 3 is 2.50 bits per heavy atom. The van der Waals surface area contributed by atoms with E-state index in [1.54, 1.807) is 6.92 Å². The van der Waals surface area contributed by atoms with Gasteiger partial charge in [0.2, 0.25) is 10.0 Å². The number of rotatable bonds is 4. The summed E-state index contributed by atoms with van der Waals surface area (Å²) in [5, 5.41) is 9.03. The highest BCUT2D eigenvalue weighted by molar-refractivity contribution is 9.10. The van der Waals surface area contributed by atoms with E-state index in [0.717, 1.165) is 12.8 Å². The Kier molecular flexibility index (Phi) is 4.22. The van der Waals surface area contributed by atoms with Crippen LogP contribution in [0.25, 0.3) is 0 Å². The van der Waals surface area contributed by atoms with Gasteiger partial charge in [-0.1, -0.05) is 22.9 Å². The molecule has 1 aliphatic carbocycles. The van der Waals surface area contributed by atoms with Crippen molar-refractivity contribution in [1.29, 1.82) is 0 Å². The molecule has 1 fully saturated rings. The van der Waals surface area contributed by atoms with Crippen LogP contribution in [-0.2, 0) is 10.0 Å². The van der Waals surface area contributed by atoms with Gasteiger partial charge in [0, 0.05) is 10.5 Å². The van der Waals surface area contributed by atoms with Crippen LogP contribution in [0.1, 0.15) is 35.7 Å². The first-order chi connectivity index (χ1) is 9.20. The molecule has 0 aliphatic heterocycles. The third-order valence-electron chi connectivity index (χ3n) is 3.53. The van der Waals surface area contributed by atoms with Gasteiger partial charge in [0.15, 0.2) is 0 Å². The average molecular weight is 362 g/mol. The molecule has 1 aromatic carbocycles. The van der Waals surface area contributed by atoms with Gasteiger partial charge in [-0.25, -0.2) is 17.9 Å². The molecule has 0 saturated heterocycles. The van der Waals surface area contributed by atoms with Gasteiger partial charge in [0.25, 0.3) is 0 Å². The molecule has 0 spiro atoms. The molecular formula is C13H16BrNO4S. The molecule has 0 unspecified atom stereocenters. The lowest BCUT2D eigenvalue weighted by Gasteiger charge is -2.33. The molecular weight excluding hydrogens is 346 g/mol. The van der Waals surface area contributed by atoms with Gasteiger partial charge in [-0.15, -0.1) is 0 Å². The summed E-state index contributed by atoms with van der Waals surface area (Å²) >= 11 is 3.21. The van der Waals surface area contributed by atoms with E-state index in [0.29, 0.717) is 16.0 Å². The molecule has 0 amide bonds. The summed E-state index contributed by atoms with van der Waals surface area (Å²) in [5.41, 5.74) is 0.458. The third kappa shape index (κ3) is 3.05. The fraction of sp³-hybridized carbons (Fsp3) is 0.462. The minimum absolute atomic E-state index is 0.0174. The Bertz CT molecular complexity index is 651. The quantitative estimate of drug-likeness (QED) is 0.862. The highest BCUT2D eigenvalue weighted by atomic mass is 79.9. The normalized spacial score (nSPS) is 22.4. The van der Waals surface area contributed by atoms with Gasteiger partial charge in [-0.05, 0) is 43.4 Å². The monoisotopic (exact) mass is 361 g/mol. The molecule has 0 bridgehead atoms. The molecule has 0 aromatic heterocycles. The largest absolute Gasteiger partial charge is 0.478 e. The lowest BCUT2D eigenvalue weighted by molar-refractivity contribution is 0.0696. The van der Waals surface area contributed by atoms with Crippen molar-refractivity contribution in [3.05, 3.63) is 27.7 Å². The van der Waals surface area contributed by atoms with Crippen molar-refractivity contribution >= 4 is 31.9 Å². The van der Waals surface area contributed by atoms with Gasteiger partial charge in [-0.3, -0.25) is 0 Å². The van der Waals surface area contributed by atoms with Crippen molar-refractivity contribution in [1.82, 2.24) is 4.72 Å². The van der Waals surface area contributed by atoms with E-state index in [2.05, 4.69) is 27.6 Å². The highest BCUT2D eigenvalue weighted by Gasteiger charge is 2.31. The van der Waals surface area contributed by atoms with Crippen LogP contribution in [0.15, 0.2) is 21.5 Å². The maximum atomic E-state index is 12.4. The van der Waals surface area contributed by atoms with Crippen molar-refractivity contribution in [3.8, 4) is 0 Å². The average Bonchev–Trinajstić information content (AvgIpc) is 2.29. The van der Waals surface area contributed by atoms with E-state index in [4.69, 9.17) is 5.11 Å². The first-order valence-electron chi connectivity index (χ1n) is 6.26. The second-order valence-electron chi connectivity index (χ2n) is 5.28. The highest BCUT2D eigenvalue weighted by Crippen LogP contribution is 2.30. The van der Waals surface area contributed by atoms with Crippen molar-refractivity contribution < 1.29 is 18.3 Å². The van der Waals surface area contributed by atoms with Crippen LogP contribution in [0.5, 0.6) is 0 Å². The Morgan fingerprint density at radius 2 is 2.00 bits per heavy atom. The summed E-state index contributed by atoms with van der Waals surface area (Å²) in [5.74, 6) is -0.625. The number of aromatic carboxylic acids is 1. The van der Waals surface area contributed by atoms with Gasteiger partial charge >= 0.3 is 5.97 Å². The lowest BCUT2D eigenvalue weighted by atomic mass is 9.83. The summed E-state index contributed by atoms with van der Waals surface area (Å²) in [6.07, 6.45) is 1.64. The predicted octanol–water partition coefficient (Wildman–Crippen LogP) is 2.53. The molecule has 20 heavy (non-hydrogen) atoms. The van der Waals surface area contributed by atoms with Crippen molar-refractivity contribution in [3.63, 3.8) is 0 Å². The number of benzene rings is 1. The minimum atomic E-state index is -3.70. The first kappa shape index (κ1) is 15.5. The zero-order valence-corrected chi connectivity index (χ0v) is 13.6. The SMILES string of the molecule is Cc1c(Br)cc(C(=O)O)cc1S(=O)(=O)NC1CC(C)C1. The predicted molar refractivity (Wildman–Crippen MR) is 78.3 cm³/mol. The maximum absolute atomic E-state index is 12.4. The molecule has 7 heteroatoms. The number of hydrogen-bond acceptors (Lipinski definition) is 3. The maximum Gasteiger partial charge on any atom is 0.335 e. The summed E-state index contributed by atoms with van der Waals surface area (Å²) in [6, 6.07) is 2.55. The summed E-state index contributed by atoms with van der Waals surface area (Å²) in [4.78, 5) is 11.1. The van der Waals surface area contributed by atoms with Gasteiger partial charge in [0.1, 0.15) is 0 Å². The molecule has 1 saturated carbocycles. The number of sulfonamides is 1. The van der Waals surface area contributed by atoms with Crippen molar-refractivity contribution in [2.45, 2.75) is 37.6 Å². The second kappa shape index (κ2) is 5.46. The Balaban J connectivity index is 2.37. The smallest absolute Gasteiger partial charge is 0.335 e. The van der Waals surface area contributed by atoms with Crippen LogP contribution in [0.2, 0.25) is 0 Å². The summed E-state index contributed by atoms with van der Waals surface area (Å²) < 4.78 is 27.8. The fourth-order valence-electron chi connectivity index (χ4n) is 2.34. The lowest BCUT2D eigenvalue weighted by Crippen LogP contribution is -2.43. The van der Waals surface area contributed by atoms with Crippen LogP contribution in [-0.4, -0.2) is 25.5 Å². The number of carboxylic acids is 1. The van der Waals surface area contributed by atoms with E-state index >= 15 is 0 Å². The molecule has 1 aliphatic rings. The van der Waals surface area contributed by atoms with Crippen LogP contribution in [0.4, 0.5) is 0 Å². The number of carbonyl (C=O) groups is 1. The molecule has 2 rings (SSSR count). The summed E-state index contributed by atoms with van der Waals surface area (Å²) in [6.45, 7) is 3.71. The van der Waals surface area contributed by atoms with Gasteiger partial charge in [-0.2, -0.15) is 0 Å². The van der Waals surface area contributed by atoms with E-state index in [9.17, 15) is 13.2 Å². The Morgan fingerprint density at radius 1 is 1.40 bits per heavy atom. The number of nitrogens with one attached hydrogen (secondary N) is 1. The number of hydrogen-bond donors (Lipinski definition) is 2. The zero-order valence-electron chi connectivity index (χ0n) is 11.2. The second-order valence-corrected chi connectivity index (χ2v) is 7.82. The van der Waals surface area contributed by atoms with Crippen molar-refractivity contribution in [2.75, 3.05) is 0 Å². The standard InChI is InChI=1S/C13H16BrNO4S/c1-7-3-10(4-7)15-20(18,19)12-6-9(13(16)17)5-11(14)8(12)2/h5-7,10,15H,3-4H2,1-2H3,(H,16,17).